The highest BCUT2D eigenvalue weighted by molar-refractivity contribution is 5.58. The molecule has 0 bridgehead atoms. The molecule has 1 N–H and O–H groups in total. The Balaban J connectivity index is 1.40. The highest BCUT2D eigenvalue weighted by Gasteiger charge is 2.21. The van der Waals surface area contributed by atoms with Crippen molar-refractivity contribution in [1.29, 1.82) is 0 Å². The Morgan fingerprint density at radius 2 is 1.74 bits per heavy atom. The van der Waals surface area contributed by atoms with Gasteiger partial charge in [0.15, 0.2) is 0 Å². The summed E-state index contributed by atoms with van der Waals surface area (Å²) in [6, 6.07) is 14.6. The molecule has 0 aliphatic carbocycles. The zero-order valence-corrected chi connectivity index (χ0v) is 15.7. The summed E-state index contributed by atoms with van der Waals surface area (Å²) in [4.78, 5) is 4.53. The van der Waals surface area contributed by atoms with Crippen LogP contribution in [0.4, 0.5) is 10.1 Å². The second-order valence-corrected chi connectivity index (χ2v) is 6.72. The van der Waals surface area contributed by atoms with E-state index >= 15 is 0 Å². The molecule has 0 saturated carbocycles. The van der Waals surface area contributed by atoms with Crippen LogP contribution in [0.2, 0.25) is 0 Å². The quantitative estimate of drug-likeness (QED) is 0.769. The molecule has 1 fully saturated rings. The van der Waals surface area contributed by atoms with Crippen molar-refractivity contribution in [2.75, 3.05) is 51.3 Å². The van der Waals surface area contributed by atoms with Gasteiger partial charge in [-0.15, -0.1) is 0 Å². The van der Waals surface area contributed by atoms with Crippen LogP contribution < -0.4 is 9.64 Å². The van der Waals surface area contributed by atoms with E-state index < -0.39 is 6.10 Å². The second kappa shape index (κ2) is 9.69. The van der Waals surface area contributed by atoms with Crippen molar-refractivity contribution in [3.63, 3.8) is 0 Å². The van der Waals surface area contributed by atoms with Gasteiger partial charge in [0, 0.05) is 38.3 Å². The average molecular weight is 374 g/mol. The smallest absolute Gasteiger partial charge is 0.142 e. The first-order valence-electron chi connectivity index (χ1n) is 9.27. The summed E-state index contributed by atoms with van der Waals surface area (Å²) in [6.45, 7) is 4.40. The van der Waals surface area contributed by atoms with Crippen molar-refractivity contribution >= 4 is 5.69 Å². The zero-order chi connectivity index (χ0) is 19.1. The molecule has 0 radical (unpaired) electrons. The van der Waals surface area contributed by atoms with Crippen LogP contribution in [0.25, 0.3) is 0 Å². The molecule has 2 aromatic carbocycles. The Hall–Kier alpha value is -2.15. The number of piperazine rings is 1. The number of hydrogen-bond acceptors (Lipinski definition) is 5. The third-order valence-corrected chi connectivity index (χ3v) is 4.79. The third kappa shape index (κ3) is 5.42. The summed E-state index contributed by atoms with van der Waals surface area (Å²) in [7, 11) is 1.69. The van der Waals surface area contributed by atoms with Crippen LogP contribution in [0.15, 0.2) is 48.5 Å². The van der Waals surface area contributed by atoms with Gasteiger partial charge in [-0.1, -0.05) is 30.3 Å². The van der Waals surface area contributed by atoms with Crippen LogP contribution in [-0.4, -0.2) is 62.6 Å². The lowest BCUT2D eigenvalue weighted by Gasteiger charge is -2.37. The van der Waals surface area contributed by atoms with Crippen molar-refractivity contribution in [2.24, 2.45) is 0 Å². The first kappa shape index (κ1) is 19.6. The van der Waals surface area contributed by atoms with E-state index in [4.69, 9.17) is 9.47 Å². The van der Waals surface area contributed by atoms with Crippen LogP contribution in [0.5, 0.6) is 5.75 Å². The minimum absolute atomic E-state index is 0.172. The molecule has 3 rings (SSSR count). The maximum Gasteiger partial charge on any atom is 0.142 e. The van der Waals surface area contributed by atoms with E-state index in [-0.39, 0.29) is 19.0 Å². The van der Waals surface area contributed by atoms with Gasteiger partial charge in [-0.25, -0.2) is 4.39 Å². The monoisotopic (exact) mass is 374 g/mol. The van der Waals surface area contributed by atoms with E-state index in [2.05, 4.69) is 15.9 Å². The number of aliphatic hydroxyl groups excluding tert-OH is 1. The fraction of sp³-hybridized carbons (Fsp3) is 0.429. The molecular formula is C21H27FN2O3. The number of anilines is 1. The molecular weight excluding hydrogens is 347 g/mol. The molecule has 2 aromatic rings. The zero-order valence-electron chi connectivity index (χ0n) is 15.7. The lowest BCUT2D eigenvalue weighted by Crippen LogP contribution is -2.49. The van der Waals surface area contributed by atoms with Gasteiger partial charge in [-0.05, 0) is 18.2 Å². The van der Waals surface area contributed by atoms with Crippen molar-refractivity contribution < 1.29 is 19.0 Å². The van der Waals surface area contributed by atoms with Gasteiger partial charge in [-0.3, -0.25) is 4.90 Å². The lowest BCUT2D eigenvalue weighted by atomic mass is 10.2. The topological polar surface area (TPSA) is 45.2 Å². The Bertz CT molecular complexity index is 720. The molecule has 6 heteroatoms. The lowest BCUT2D eigenvalue weighted by molar-refractivity contribution is 0.00838. The molecule has 5 nitrogen and oxygen atoms in total. The Morgan fingerprint density at radius 1 is 1.04 bits per heavy atom. The van der Waals surface area contributed by atoms with E-state index in [1.807, 2.05) is 18.2 Å². The van der Waals surface area contributed by atoms with Gasteiger partial charge in [-0.2, -0.15) is 0 Å². The standard InChI is InChI=1S/C21H27FN2O3/c1-26-21-9-5-4-8-20(21)24-12-10-23(11-13-24)14-18(25)16-27-15-17-6-2-3-7-19(17)22/h2-9,18,25H,10-16H2,1H3/t18-/m0/s1. The largest absolute Gasteiger partial charge is 0.495 e. The highest BCUT2D eigenvalue weighted by Crippen LogP contribution is 2.28. The number of halogens is 1. The number of para-hydroxylation sites is 2. The van der Waals surface area contributed by atoms with Crippen LogP contribution in [-0.2, 0) is 11.3 Å². The number of β-amino-alcohol motifs (C(OH)–C–C–N with tert-alkyl or cyclic N) is 1. The first-order valence-corrected chi connectivity index (χ1v) is 9.27. The Morgan fingerprint density at radius 3 is 2.48 bits per heavy atom. The van der Waals surface area contributed by atoms with Crippen molar-refractivity contribution in [3.8, 4) is 5.75 Å². The van der Waals surface area contributed by atoms with E-state index in [1.165, 1.54) is 6.07 Å². The summed E-state index contributed by atoms with van der Waals surface area (Å²) < 4.78 is 24.5. The van der Waals surface area contributed by atoms with Crippen molar-refractivity contribution in [2.45, 2.75) is 12.7 Å². The summed E-state index contributed by atoms with van der Waals surface area (Å²) in [5.74, 6) is 0.604. The normalized spacial score (nSPS) is 16.3. The number of hydrogen-bond donors (Lipinski definition) is 1. The molecule has 0 unspecified atom stereocenters. The van der Waals surface area contributed by atoms with E-state index in [0.29, 0.717) is 12.1 Å². The molecule has 1 aliphatic rings. The molecule has 1 saturated heterocycles. The number of benzene rings is 2. The predicted molar refractivity (Wildman–Crippen MR) is 104 cm³/mol. The van der Waals surface area contributed by atoms with Gasteiger partial charge >= 0.3 is 0 Å². The van der Waals surface area contributed by atoms with Gasteiger partial charge in [0.2, 0.25) is 0 Å². The minimum atomic E-state index is -0.588. The number of methoxy groups -OCH3 is 1. The molecule has 0 aromatic heterocycles. The summed E-state index contributed by atoms with van der Waals surface area (Å²) in [6.07, 6.45) is -0.588. The molecule has 1 aliphatic heterocycles. The first-order chi connectivity index (χ1) is 13.2. The molecule has 27 heavy (non-hydrogen) atoms. The fourth-order valence-electron chi connectivity index (χ4n) is 3.33. The van der Waals surface area contributed by atoms with Crippen LogP contribution >= 0.6 is 0 Å². The van der Waals surface area contributed by atoms with E-state index in [0.717, 1.165) is 37.6 Å². The van der Waals surface area contributed by atoms with E-state index in [1.54, 1.807) is 25.3 Å². The molecule has 146 valence electrons. The Kier molecular flexibility index (Phi) is 7.04. The number of aliphatic hydroxyl groups is 1. The molecule has 1 atom stereocenters. The highest BCUT2D eigenvalue weighted by atomic mass is 19.1. The van der Waals surface area contributed by atoms with Crippen LogP contribution in [0.1, 0.15) is 5.56 Å². The number of rotatable bonds is 8. The molecule has 1 heterocycles. The van der Waals surface area contributed by atoms with Gasteiger partial charge < -0.3 is 19.5 Å². The van der Waals surface area contributed by atoms with Crippen LogP contribution in [0, 0.1) is 5.82 Å². The minimum Gasteiger partial charge on any atom is -0.495 e. The maximum absolute atomic E-state index is 13.6. The second-order valence-electron chi connectivity index (χ2n) is 6.72. The summed E-state index contributed by atoms with van der Waals surface area (Å²) >= 11 is 0. The average Bonchev–Trinajstić information content (AvgIpc) is 2.70. The SMILES string of the molecule is COc1ccccc1N1CCN(C[C@H](O)COCc2ccccc2F)CC1. The summed E-state index contributed by atoms with van der Waals surface area (Å²) in [5.41, 5.74) is 1.61. The van der Waals surface area contributed by atoms with E-state index in [9.17, 15) is 9.50 Å². The van der Waals surface area contributed by atoms with Gasteiger partial charge in [0.25, 0.3) is 0 Å². The maximum atomic E-state index is 13.6. The fourth-order valence-corrected chi connectivity index (χ4v) is 3.33. The predicted octanol–water partition coefficient (Wildman–Crippen LogP) is 2.53. The molecule has 0 amide bonds. The van der Waals surface area contributed by atoms with Crippen LogP contribution in [0.3, 0.4) is 0 Å². The Labute approximate surface area is 159 Å². The van der Waals surface area contributed by atoms with Gasteiger partial charge in [0.1, 0.15) is 11.6 Å². The van der Waals surface area contributed by atoms with Crippen molar-refractivity contribution in [3.05, 3.63) is 59.9 Å². The number of ether oxygens (including phenoxy) is 2. The molecule has 0 spiro atoms. The van der Waals surface area contributed by atoms with Gasteiger partial charge in [0.05, 0.1) is 32.1 Å². The van der Waals surface area contributed by atoms with Crippen molar-refractivity contribution in [1.82, 2.24) is 4.90 Å². The summed E-state index contributed by atoms with van der Waals surface area (Å²) in [5, 5.41) is 10.2. The third-order valence-electron chi connectivity index (χ3n) is 4.79. The number of nitrogens with zero attached hydrogens (tertiary/aromatic N) is 2.